The highest BCUT2D eigenvalue weighted by Gasteiger charge is 2.22. The molecule has 0 amide bonds. The van der Waals surface area contributed by atoms with Gasteiger partial charge in [0.05, 0.1) is 4.92 Å². The molecule has 10 nitrogen and oxygen atoms in total. The second kappa shape index (κ2) is 5.98. The second-order valence-corrected chi connectivity index (χ2v) is 2.92. The Bertz CT molecular complexity index is 459. The zero-order valence-electron chi connectivity index (χ0n) is 8.91. The van der Waals surface area contributed by atoms with E-state index in [-0.39, 0.29) is 22.8 Å². The number of benzene rings is 1. The largest absolute Gasteiger partial charge is 0.440 e. The fourth-order valence-corrected chi connectivity index (χ4v) is 1.13. The Labute approximate surface area is 100.0 Å². The van der Waals surface area contributed by atoms with Crippen molar-refractivity contribution in [1.82, 2.24) is 0 Å². The van der Waals surface area contributed by atoms with Crippen LogP contribution >= 0.6 is 0 Å². The highest BCUT2D eigenvalue weighted by Crippen LogP contribution is 2.19. The average Bonchev–Trinajstić information content (AvgIpc) is 2.39. The molecule has 0 heterocycles. The van der Waals surface area contributed by atoms with Gasteiger partial charge in [0.1, 0.15) is 5.69 Å². The third kappa shape index (κ3) is 3.04. The average molecular weight is 257 g/mol. The van der Waals surface area contributed by atoms with Crippen LogP contribution in [0.5, 0.6) is 0 Å². The number of nitro groups is 1. The molecule has 0 saturated heterocycles. The van der Waals surface area contributed by atoms with E-state index in [1.54, 1.807) is 0 Å². The van der Waals surface area contributed by atoms with Gasteiger partial charge in [-0.05, 0) is 17.1 Å². The number of hydrazine groups is 1. The molecule has 96 valence electrons. The topological polar surface area (TPSA) is 129 Å². The normalized spacial score (nSPS) is 10.8. The Kier molecular flexibility index (Phi) is 4.37. The summed E-state index contributed by atoms with van der Waals surface area (Å²) >= 11 is 0. The van der Waals surface area contributed by atoms with Gasteiger partial charge in [-0.25, -0.2) is 5.21 Å². The van der Waals surface area contributed by atoms with E-state index in [0.717, 1.165) is 5.01 Å². The van der Waals surface area contributed by atoms with Crippen LogP contribution in [0.15, 0.2) is 29.5 Å². The lowest BCUT2D eigenvalue weighted by Crippen LogP contribution is -2.34. The van der Waals surface area contributed by atoms with Gasteiger partial charge in [-0.3, -0.25) is 14.9 Å². The fraction of sp³-hybridized carbons (Fsp3) is 0.125. The quantitative estimate of drug-likeness (QED) is 0.191. The number of nitrogens with zero attached hydrogens (tertiary/aromatic N) is 4. The van der Waals surface area contributed by atoms with Crippen molar-refractivity contribution in [2.24, 2.45) is 5.28 Å². The smallest absolute Gasteiger partial charge is 0.295 e. The summed E-state index contributed by atoms with van der Waals surface area (Å²) in [6.45, 7) is -0.314. The van der Waals surface area contributed by atoms with Gasteiger partial charge in [-0.1, -0.05) is 0 Å². The molecule has 0 spiro atoms. The van der Waals surface area contributed by atoms with E-state index in [1.165, 1.54) is 24.3 Å². The molecule has 0 unspecified atom stereocenters. The zero-order valence-corrected chi connectivity index (χ0v) is 8.91. The van der Waals surface area contributed by atoms with Gasteiger partial charge >= 0.3 is 0 Å². The van der Waals surface area contributed by atoms with Crippen LogP contribution in [0.4, 0.5) is 11.4 Å². The first-order chi connectivity index (χ1) is 8.60. The maximum atomic E-state index is 10.4. The molecule has 0 aliphatic rings. The standard InChI is InChI=1S/C8H8N4O6/c13-6-18-5-10(12(17)9-14)7-1-3-8(4-2-7)11(15)16/h1-4,6,17H,5H2/p+1. The number of nitro benzene ring substituents is 1. The van der Waals surface area contributed by atoms with Gasteiger partial charge in [-0.15, -0.1) is 0 Å². The number of hydrogen-bond acceptors (Lipinski definition) is 5. The SMILES string of the molecule is O=COCN(c1ccc([N+](=O)[O-])cc1)[N+](O)=NO. The van der Waals surface area contributed by atoms with Gasteiger partial charge in [-0.2, -0.15) is 0 Å². The van der Waals surface area contributed by atoms with Crippen molar-refractivity contribution < 1.29 is 29.8 Å². The van der Waals surface area contributed by atoms with E-state index in [1.807, 2.05) is 0 Å². The number of ether oxygens (including phenoxy) is 1. The summed E-state index contributed by atoms with van der Waals surface area (Å²) in [4.78, 5) is 19.9. The molecular formula is C8H9N4O6+. The Morgan fingerprint density at radius 3 is 2.50 bits per heavy atom. The van der Waals surface area contributed by atoms with Gasteiger partial charge in [0.2, 0.25) is 6.73 Å². The second-order valence-electron chi connectivity index (χ2n) is 2.92. The van der Waals surface area contributed by atoms with Crippen molar-refractivity contribution in [3.63, 3.8) is 0 Å². The van der Waals surface area contributed by atoms with Gasteiger partial charge in [0.25, 0.3) is 22.4 Å². The lowest BCUT2D eigenvalue weighted by atomic mass is 10.3. The predicted octanol–water partition coefficient (Wildman–Crippen LogP) is 0.690. The number of carbonyl (C=O) groups excluding carboxylic acids is 1. The Morgan fingerprint density at radius 1 is 1.44 bits per heavy atom. The van der Waals surface area contributed by atoms with Crippen LogP contribution in [0.1, 0.15) is 0 Å². The van der Waals surface area contributed by atoms with E-state index in [4.69, 9.17) is 5.21 Å². The predicted molar refractivity (Wildman–Crippen MR) is 53.9 cm³/mol. The minimum absolute atomic E-state index is 0.0185. The number of rotatable bonds is 6. The Morgan fingerprint density at radius 2 is 2.06 bits per heavy atom. The van der Waals surface area contributed by atoms with Crippen molar-refractivity contribution in [2.45, 2.75) is 0 Å². The van der Waals surface area contributed by atoms with Crippen LogP contribution in [-0.4, -0.2) is 33.5 Å². The van der Waals surface area contributed by atoms with E-state index >= 15 is 0 Å². The summed E-state index contributed by atoms with van der Waals surface area (Å²) in [6, 6.07) is 4.91. The Balaban J connectivity index is 2.97. The third-order valence-corrected chi connectivity index (χ3v) is 1.92. The third-order valence-electron chi connectivity index (χ3n) is 1.92. The van der Waals surface area contributed by atoms with Crippen molar-refractivity contribution in [3.8, 4) is 0 Å². The summed E-state index contributed by atoms with van der Waals surface area (Å²) in [7, 11) is 0. The highest BCUT2D eigenvalue weighted by molar-refractivity contribution is 5.49. The highest BCUT2D eigenvalue weighted by atomic mass is 16.6. The molecule has 1 aromatic rings. The minimum Gasteiger partial charge on any atom is -0.440 e. The first-order valence-electron chi connectivity index (χ1n) is 4.51. The van der Waals surface area contributed by atoms with Gasteiger partial charge in [0.15, 0.2) is 0 Å². The number of non-ortho nitro benzene ring substituents is 1. The summed E-state index contributed by atoms with van der Waals surface area (Å²) in [6.07, 6.45) is 0. The lowest BCUT2D eigenvalue weighted by molar-refractivity contribution is -0.846. The molecule has 1 rings (SSSR count). The molecule has 0 aliphatic heterocycles. The summed E-state index contributed by atoms with van der Waals surface area (Å²) in [5.74, 6) is 0. The van der Waals surface area contributed by atoms with Gasteiger partial charge < -0.3 is 9.94 Å². The first kappa shape index (κ1) is 13.2. The number of hydrogen-bond donors (Lipinski definition) is 2. The van der Waals surface area contributed by atoms with Crippen molar-refractivity contribution in [3.05, 3.63) is 34.4 Å². The van der Waals surface area contributed by atoms with E-state index in [9.17, 15) is 20.1 Å². The molecule has 0 radical (unpaired) electrons. The van der Waals surface area contributed by atoms with Crippen LogP contribution in [0.2, 0.25) is 0 Å². The molecule has 0 aliphatic carbocycles. The summed E-state index contributed by atoms with van der Waals surface area (Å²) < 4.78 is 4.39. The number of carbonyl (C=O) groups is 1. The minimum atomic E-state index is -0.594. The molecule has 0 bridgehead atoms. The molecular weight excluding hydrogens is 248 g/mol. The molecule has 0 fully saturated rings. The van der Waals surface area contributed by atoms with Gasteiger partial charge in [0, 0.05) is 12.1 Å². The van der Waals surface area contributed by atoms with Crippen LogP contribution < -0.4 is 5.01 Å². The summed E-state index contributed by atoms with van der Waals surface area (Å²) in [5.41, 5.74) is 0.0585. The van der Waals surface area contributed by atoms with Crippen LogP contribution in [0.3, 0.4) is 0 Å². The lowest BCUT2D eigenvalue weighted by Gasteiger charge is -2.10. The Hall–Kier alpha value is -2.91. The summed E-state index contributed by atoms with van der Waals surface area (Å²) in [5, 5.41) is 31.4. The zero-order chi connectivity index (χ0) is 13.5. The molecule has 0 atom stereocenters. The van der Waals surface area contributed by atoms with E-state index in [0.29, 0.717) is 0 Å². The van der Waals surface area contributed by atoms with E-state index in [2.05, 4.69) is 10.0 Å². The van der Waals surface area contributed by atoms with Crippen molar-refractivity contribution in [2.75, 3.05) is 11.7 Å². The maximum Gasteiger partial charge on any atom is 0.295 e. The molecule has 1 aromatic carbocycles. The first-order valence-corrected chi connectivity index (χ1v) is 4.51. The monoisotopic (exact) mass is 257 g/mol. The van der Waals surface area contributed by atoms with E-state index < -0.39 is 11.7 Å². The van der Waals surface area contributed by atoms with Crippen LogP contribution in [0.25, 0.3) is 0 Å². The molecule has 10 heteroatoms. The van der Waals surface area contributed by atoms with Crippen LogP contribution in [-0.2, 0) is 9.53 Å². The van der Waals surface area contributed by atoms with Crippen molar-refractivity contribution in [1.29, 1.82) is 0 Å². The fourth-order valence-electron chi connectivity index (χ4n) is 1.13. The molecule has 2 N–H and O–H groups in total. The molecule has 0 aromatic heterocycles. The molecule has 0 saturated carbocycles. The molecule has 18 heavy (non-hydrogen) atoms. The maximum absolute atomic E-state index is 10.4. The van der Waals surface area contributed by atoms with Crippen LogP contribution in [0, 0.1) is 10.1 Å². The van der Waals surface area contributed by atoms with Crippen molar-refractivity contribution >= 4 is 17.8 Å². The number of anilines is 1.